The van der Waals surface area contributed by atoms with E-state index in [-0.39, 0.29) is 23.8 Å². The predicted octanol–water partition coefficient (Wildman–Crippen LogP) is 1.79. The van der Waals surface area contributed by atoms with Crippen molar-refractivity contribution in [3.63, 3.8) is 0 Å². The zero-order valence-electron chi connectivity index (χ0n) is 6.79. The first kappa shape index (κ1) is 10.5. The van der Waals surface area contributed by atoms with Crippen LogP contribution in [0.5, 0.6) is 0 Å². The summed E-state index contributed by atoms with van der Waals surface area (Å²) in [5.41, 5.74) is -0.253. The van der Waals surface area contributed by atoms with Crippen molar-refractivity contribution >= 4 is 18.4 Å². The second-order valence-corrected chi connectivity index (χ2v) is 2.96. The summed E-state index contributed by atoms with van der Waals surface area (Å²) in [6.07, 6.45) is 2.71. The summed E-state index contributed by atoms with van der Waals surface area (Å²) in [4.78, 5) is 11.0. The molecule has 0 aromatic carbocycles. The Morgan fingerprint density at radius 2 is 2.36 bits per heavy atom. The highest BCUT2D eigenvalue weighted by Gasteiger charge is 2.55. The first-order valence-electron chi connectivity index (χ1n) is 3.36. The van der Waals surface area contributed by atoms with Crippen LogP contribution in [0.4, 0.5) is 0 Å². The van der Waals surface area contributed by atoms with Crippen molar-refractivity contribution in [3.05, 3.63) is 12.7 Å². The minimum absolute atomic E-state index is 0. The lowest BCUT2D eigenvalue weighted by atomic mass is 10.1. The number of hydrogen-bond donors (Lipinski definition) is 0. The van der Waals surface area contributed by atoms with Crippen molar-refractivity contribution in [2.45, 2.75) is 13.3 Å². The van der Waals surface area contributed by atoms with Gasteiger partial charge in [0.25, 0.3) is 0 Å². The van der Waals surface area contributed by atoms with Crippen molar-refractivity contribution in [2.75, 3.05) is 7.11 Å². The molecule has 1 aliphatic rings. The van der Waals surface area contributed by atoms with Gasteiger partial charge in [-0.05, 0) is 19.3 Å². The third-order valence-electron chi connectivity index (χ3n) is 2.24. The fraction of sp³-hybridized carbons (Fsp3) is 0.625. The molecule has 1 saturated carbocycles. The molecule has 2 unspecified atom stereocenters. The highest BCUT2D eigenvalue weighted by molar-refractivity contribution is 5.85. The maximum absolute atomic E-state index is 11.0. The maximum Gasteiger partial charge on any atom is 0.312 e. The smallest absolute Gasteiger partial charge is 0.312 e. The molecule has 0 spiro atoms. The first-order valence-corrected chi connectivity index (χ1v) is 3.36. The van der Waals surface area contributed by atoms with Crippen molar-refractivity contribution in [1.82, 2.24) is 0 Å². The molecule has 1 fully saturated rings. The minimum Gasteiger partial charge on any atom is -0.469 e. The van der Waals surface area contributed by atoms with Crippen LogP contribution in [-0.2, 0) is 9.53 Å². The third-order valence-corrected chi connectivity index (χ3v) is 2.24. The van der Waals surface area contributed by atoms with Gasteiger partial charge in [-0.3, -0.25) is 4.79 Å². The molecule has 2 nitrogen and oxygen atoms in total. The Kier molecular flexibility index (Phi) is 3.12. The van der Waals surface area contributed by atoms with Crippen LogP contribution in [0.3, 0.4) is 0 Å². The lowest BCUT2D eigenvalue weighted by molar-refractivity contribution is -0.146. The summed E-state index contributed by atoms with van der Waals surface area (Å²) in [6, 6.07) is 0. The molecule has 0 heterocycles. The Labute approximate surface area is 73.0 Å². The number of allylic oxidation sites excluding steroid dienone is 1. The molecule has 0 amide bonds. The summed E-state index contributed by atoms with van der Waals surface area (Å²) >= 11 is 0. The number of rotatable bonds is 2. The molecule has 0 aliphatic heterocycles. The molecule has 0 saturated heterocycles. The number of carbonyl (C=O) groups is 1. The Morgan fingerprint density at radius 1 is 1.82 bits per heavy atom. The molecule has 1 aliphatic carbocycles. The van der Waals surface area contributed by atoms with E-state index in [1.807, 2.05) is 13.0 Å². The Hall–Kier alpha value is -0.500. The van der Waals surface area contributed by atoms with E-state index in [0.717, 1.165) is 6.42 Å². The number of ether oxygens (including phenoxy) is 1. The molecule has 0 radical (unpaired) electrons. The van der Waals surface area contributed by atoms with Gasteiger partial charge >= 0.3 is 5.97 Å². The lowest BCUT2D eigenvalue weighted by Crippen LogP contribution is -2.15. The zero-order valence-corrected chi connectivity index (χ0v) is 7.61. The predicted molar refractivity (Wildman–Crippen MR) is 45.7 cm³/mol. The van der Waals surface area contributed by atoms with E-state index in [0.29, 0.717) is 5.92 Å². The van der Waals surface area contributed by atoms with E-state index in [1.165, 1.54) is 7.11 Å². The molecule has 0 aromatic heterocycles. The molecule has 11 heavy (non-hydrogen) atoms. The van der Waals surface area contributed by atoms with Gasteiger partial charge in [0.15, 0.2) is 0 Å². The molecule has 0 N–H and O–H groups in total. The molecule has 64 valence electrons. The van der Waals surface area contributed by atoms with Crippen LogP contribution in [0.1, 0.15) is 13.3 Å². The lowest BCUT2D eigenvalue weighted by Gasteiger charge is -2.04. The van der Waals surface area contributed by atoms with E-state index < -0.39 is 0 Å². The summed E-state index contributed by atoms with van der Waals surface area (Å²) in [5, 5.41) is 0. The van der Waals surface area contributed by atoms with Gasteiger partial charge in [-0.15, -0.1) is 19.0 Å². The number of methoxy groups -OCH3 is 1. The average molecular weight is 177 g/mol. The van der Waals surface area contributed by atoms with Crippen molar-refractivity contribution in [2.24, 2.45) is 11.3 Å². The summed E-state index contributed by atoms with van der Waals surface area (Å²) < 4.78 is 4.62. The van der Waals surface area contributed by atoms with E-state index >= 15 is 0 Å². The van der Waals surface area contributed by atoms with Crippen LogP contribution >= 0.6 is 12.4 Å². The van der Waals surface area contributed by atoms with Gasteiger partial charge in [0.05, 0.1) is 12.5 Å². The standard InChI is InChI=1S/C8H12O2.ClH/c1-4-6-5-8(6,2)7(9)10-3;/h4,6H,1,5H2,2-3H3;1H. The van der Waals surface area contributed by atoms with Crippen LogP contribution in [0, 0.1) is 11.3 Å². The fourth-order valence-corrected chi connectivity index (χ4v) is 1.21. The maximum atomic E-state index is 11.0. The van der Waals surface area contributed by atoms with Gasteiger partial charge < -0.3 is 4.74 Å². The van der Waals surface area contributed by atoms with Crippen molar-refractivity contribution < 1.29 is 9.53 Å². The Morgan fingerprint density at radius 3 is 2.64 bits per heavy atom. The minimum atomic E-state index is -0.253. The van der Waals surface area contributed by atoms with Crippen LogP contribution in [0.15, 0.2) is 12.7 Å². The second kappa shape index (κ2) is 3.26. The van der Waals surface area contributed by atoms with Crippen LogP contribution < -0.4 is 0 Å². The average Bonchev–Trinajstić information content (AvgIpc) is 2.61. The first-order chi connectivity index (χ1) is 4.65. The molecular weight excluding hydrogens is 164 g/mol. The highest BCUT2D eigenvalue weighted by Crippen LogP contribution is 2.53. The van der Waals surface area contributed by atoms with E-state index in [1.54, 1.807) is 0 Å². The van der Waals surface area contributed by atoms with E-state index in [2.05, 4.69) is 11.3 Å². The molecule has 1 rings (SSSR count). The molecule has 2 atom stereocenters. The van der Waals surface area contributed by atoms with Crippen molar-refractivity contribution in [3.8, 4) is 0 Å². The van der Waals surface area contributed by atoms with Gasteiger partial charge in [-0.25, -0.2) is 0 Å². The summed E-state index contributed by atoms with van der Waals surface area (Å²) in [5.74, 6) is 0.220. The third kappa shape index (κ3) is 1.56. The van der Waals surface area contributed by atoms with Crippen molar-refractivity contribution in [1.29, 1.82) is 0 Å². The number of esters is 1. The number of halogens is 1. The largest absolute Gasteiger partial charge is 0.469 e. The quantitative estimate of drug-likeness (QED) is 0.474. The van der Waals surface area contributed by atoms with Crippen LogP contribution in [0.25, 0.3) is 0 Å². The topological polar surface area (TPSA) is 26.3 Å². The Balaban J connectivity index is 0.000001000. The van der Waals surface area contributed by atoms with Gasteiger partial charge in [-0.1, -0.05) is 6.08 Å². The zero-order chi connectivity index (χ0) is 7.78. The fourth-order valence-electron chi connectivity index (χ4n) is 1.21. The normalized spacial score (nSPS) is 33.5. The molecular formula is C8H13ClO2. The second-order valence-electron chi connectivity index (χ2n) is 2.96. The summed E-state index contributed by atoms with van der Waals surface area (Å²) in [7, 11) is 1.42. The van der Waals surface area contributed by atoms with E-state index in [9.17, 15) is 4.79 Å². The van der Waals surface area contributed by atoms with Gasteiger partial charge in [0, 0.05) is 0 Å². The number of hydrogen-bond acceptors (Lipinski definition) is 2. The SMILES string of the molecule is C=CC1CC1(C)C(=O)OC.Cl. The van der Waals surface area contributed by atoms with Crippen LogP contribution in [-0.4, -0.2) is 13.1 Å². The molecule has 0 bridgehead atoms. The van der Waals surface area contributed by atoms with Crippen LogP contribution in [0.2, 0.25) is 0 Å². The number of carbonyl (C=O) groups excluding carboxylic acids is 1. The summed E-state index contributed by atoms with van der Waals surface area (Å²) in [6.45, 7) is 5.53. The van der Waals surface area contributed by atoms with Gasteiger partial charge in [0.1, 0.15) is 0 Å². The molecule has 0 aromatic rings. The van der Waals surface area contributed by atoms with E-state index in [4.69, 9.17) is 0 Å². The van der Waals surface area contributed by atoms with Gasteiger partial charge in [-0.2, -0.15) is 0 Å². The Bertz CT molecular complexity index is 179. The molecule has 3 heteroatoms. The highest BCUT2D eigenvalue weighted by atomic mass is 35.5. The van der Waals surface area contributed by atoms with Gasteiger partial charge in [0.2, 0.25) is 0 Å². The monoisotopic (exact) mass is 176 g/mol.